The van der Waals surface area contributed by atoms with E-state index in [4.69, 9.17) is 9.57 Å². The number of pyridine rings is 1. The fourth-order valence-electron chi connectivity index (χ4n) is 1.15. The first-order chi connectivity index (χ1) is 9.03. The lowest BCUT2D eigenvalue weighted by atomic mass is 10.3. The summed E-state index contributed by atoms with van der Waals surface area (Å²) >= 11 is 0. The average molecular weight is 289 g/mol. The van der Waals surface area contributed by atoms with Crippen molar-refractivity contribution in [2.24, 2.45) is 5.16 Å². The molecule has 0 aromatic carbocycles. The van der Waals surface area contributed by atoms with Crippen LogP contribution in [0.25, 0.3) is 0 Å². The Morgan fingerprint density at radius 2 is 2.21 bits per heavy atom. The third-order valence-electron chi connectivity index (χ3n) is 1.94. The quantitative estimate of drug-likeness (QED) is 0.171. The highest BCUT2D eigenvalue weighted by atomic mass is 32.2. The van der Waals surface area contributed by atoms with Crippen molar-refractivity contribution in [3.8, 4) is 0 Å². The Kier molecular flexibility index (Phi) is 6.40. The van der Waals surface area contributed by atoms with Gasteiger partial charge in [-0.25, -0.2) is 4.18 Å². The summed E-state index contributed by atoms with van der Waals surface area (Å²) in [5, 5.41) is 3.76. The zero-order valence-corrected chi connectivity index (χ0v) is 11.7. The van der Waals surface area contributed by atoms with E-state index in [1.807, 2.05) is 25.1 Å². The Morgan fingerprint density at radius 3 is 2.89 bits per heavy atom. The first kappa shape index (κ1) is 15.5. The Bertz CT molecular complexity index is 516. The van der Waals surface area contributed by atoms with E-state index in [1.54, 1.807) is 17.0 Å². The Balaban J connectivity index is 2.53. The molecule has 0 aliphatic heterocycles. The predicted molar refractivity (Wildman–Crippen MR) is 67.7 cm³/mol. The van der Waals surface area contributed by atoms with Crippen LogP contribution in [-0.4, -0.2) is 34.3 Å². The van der Waals surface area contributed by atoms with Crippen molar-refractivity contribution < 1.29 is 26.7 Å². The number of hydrogen-bond donors (Lipinski definition) is 0. The molecule has 19 heavy (non-hydrogen) atoms. The van der Waals surface area contributed by atoms with Gasteiger partial charge < -0.3 is 4.84 Å². The van der Waals surface area contributed by atoms with Gasteiger partial charge in [0.2, 0.25) is 5.69 Å². The Hall–Kier alpha value is -1.51. The lowest BCUT2D eigenvalue weighted by Gasteiger charge is -2.02. The molecule has 1 heterocycles. The number of nitrogens with zero attached hydrogens (tertiary/aromatic N) is 2. The van der Waals surface area contributed by atoms with Crippen LogP contribution in [0.15, 0.2) is 29.6 Å². The molecule has 1 aromatic rings. The second-order valence-corrected chi connectivity index (χ2v) is 5.16. The zero-order valence-electron chi connectivity index (χ0n) is 10.9. The van der Waals surface area contributed by atoms with Crippen molar-refractivity contribution in [3.05, 3.63) is 30.1 Å². The third kappa shape index (κ3) is 6.85. The van der Waals surface area contributed by atoms with Gasteiger partial charge in [-0.2, -0.15) is 13.0 Å². The van der Waals surface area contributed by atoms with E-state index in [0.29, 0.717) is 6.61 Å². The summed E-state index contributed by atoms with van der Waals surface area (Å²) in [6, 6.07) is 5.49. The van der Waals surface area contributed by atoms with Crippen molar-refractivity contribution in [1.29, 1.82) is 0 Å². The molecule has 0 bridgehead atoms. The molecule has 7 nitrogen and oxygen atoms in total. The summed E-state index contributed by atoms with van der Waals surface area (Å²) in [6.45, 7) is 2.14. The monoisotopic (exact) mass is 289 g/mol. The lowest BCUT2D eigenvalue weighted by molar-refractivity contribution is -0.734. The van der Waals surface area contributed by atoms with Crippen LogP contribution in [0, 0.1) is 0 Å². The summed E-state index contributed by atoms with van der Waals surface area (Å²) < 4.78 is 32.8. The molecule has 0 saturated heterocycles. The van der Waals surface area contributed by atoms with E-state index >= 15 is 0 Å². The van der Waals surface area contributed by atoms with Crippen molar-refractivity contribution in [2.45, 2.75) is 13.7 Å². The van der Waals surface area contributed by atoms with Gasteiger partial charge in [0.25, 0.3) is 16.8 Å². The van der Waals surface area contributed by atoms with Gasteiger partial charge in [0.05, 0.1) is 6.26 Å². The lowest BCUT2D eigenvalue weighted by Crippen LogP contribution is -2.39. The highest BCUT2D eigenvalue weighted by Crippen LogP contribution is 1.91. The number of ether oxygens (including phenoxy) is 1. The third-order valence-corrected chi connectivity index (χ3v) is 2.46. The summed E-state index contributed by atoms with van der Waals surface area (Å²) in [7, 11) is -3.49. The smallest absolute Gasteiger partial charge is 0.266 e. The molecule has 0 radical (unpaired) electrons. The maximum atomic E-state index is 10.7. The molecule has 0 atom stereocenters. The predicted octanol–water partition coefficient (Wildman–Crippen LogP) is 0.252. The molecule has 0 spiro atoms. The standard InChI is InChI=1S/C11H17N2O5S/c1-3-17-12-8-11-6-4-5-7-13(11)9-16-10-18-19(2,14)15/h4-8H,3,9-10H2,1-2H3/q+1. The first-order valence-electron chi connectivity index (χ1n) is 5.59. The molecule has 1 aromatic heterocycles. The van der Waals surface area contributed by atoms with Crippen molar-refractivity contribution in [1.82, 2.24) is 0 Å². The number of hydrogen-bond acceptors (Lipinski definition) is 6. The minimum Gasteiger partial charge on any atom is -0.396 e. The van der Waals surface area contributed by atoms with E-state index in [9.17, 15) is 8.42 Å². The van der Waals surface area contributed by atoms with Crippen LogP contribution in [0.5, 0.6) is 0 Å². The summed E-state index contributed by atoms with van der Waals surface area (Å²) in [6.07, 6.45) is 4.28. The van der Waals surface area contributed by atoms with Gasteiger partial charge in [0.15, 0.2) is 13.0 Å². The molecule has 1 rings (SSSR count). The minimum atomic E-state index is -3.49. The van der Waals surface area contributed by atoms with Crippen molar-refractivity contribution >= 4 is 16.3 Å². The molecule has 0 fully saturated rings. The number of oxime groups is 1. The molecule has 0 aliphatic carbocycles. The Labute approximate surface area is 112 Å². The van der Waals surface area contributed by atoms with Gasteiger partial charge in [-0.05, 0) is 13.0 Å². The van der Waals surface area contributed by atoms with E-state index in [1.165, 1.54) is 0 Å². The topological polar surface area (TPSA) is 78.1 Å². The highest BCUT2D eigenvalue weighted by Gasteiger charge is 2.08. The SMILES string of the molecule is CCON=Cc1cccc[n+]1COCOS(C)(=O)=O. The molecule has 0 aliphatic rings. The number of aromatic nitrogens is 1. The minimum absolute atomic E-state index is 0.143. The van der Waals surface area contributed by atoms with Crippen molar-refractivity contribution in [2.75, 3.05) is 19.7 Å². The van der Waals surface area contributed by atoms with Crippen LogP contribution in [-0.2, 0) is 30.6 Å². The zero-order chi connectivity index (χ0) is 14.1. The molecular formula is C11H17N2O5S+. The van der Waals surface area contributed by atoms with Gasteiger partial charge >= 0.3 is 0 Å². The molecule has 0 unspecified atom stereocenters. The second kappa shape index (κ2) is 7.82. The number of rotatable bonds is 8. The molecule has 0 amide bonds. The maximum absolute atomic E-state index is 10.7. The van der Waals surface area contributed by atoms with E-state index in [-0.39, 0.29) is 13.5 Å². The van der Waals surface area contributed by atoms with Crippen LogP contribution in [0.2, 0.25) is 0 Å². The first-order valence-corrected chi connectivity index (χ1v) is 7.40. The van der Waals surface area contributed by atoms with Crippen LogP contribution < -0.4 is 4.57 Å². The van der Waals surface area contributed by atoms with Crippen molar-refractivity contribution in [3.63, 3.8) is 0 Å². The summed E-state index contributed by atoms with van der Waals surface area (Å²) in [5.74, 6) is 0. The average Bonchev–Trinajstić information content (AvgIpc) is 2.35. The van der Waals surface area contributed by atoms with Crippen LogP contribution in [0.3, 0.4) is 0 Å². The van der Waals surface area contributed by atoms with Gasteiger partial charge in [-0.1, -0.05) is 5.16 Å². The van der Waals surface area contributed by atoms with Gasteiger partial charge in [-0.15, -0.1) is 0 Å². The van der Waals surface area contributed by atoms with Crippen LogP contribution in [0.4, 0.5) is 0 Å². The fourth-order valence-corrected chi connectivity index (χ4v) is 1.39. The molecule has 8 heteroatoms. The molecule has 0 saturated carbocycles. The van der Waals surface area contributed by atoms with Crippen LogP contribution >= 0.6 is 0 Å². The fraction of sp³-hybridized carbons (Fsp3) is 0.455. The Morgan fingerprint density at radius 1 is 1.42 bits per heavy atom. The van der Waals surface area contributed by atoms with Crippen LogP contribution in [0.1, 0.15) is 12.6 Å². The normalized spacial score (nSPS) is 11.9. The van der Waals surface area contributed by atoms with Gasteiger partial charge in [0.1, 0.15) is 12.8 Å². The van der Waals surface area contributed by atoms with E-state index in [2.05, 4.69) is 9.34 Å². The summed E-state index contributed by atoms with van der Waals surface area (Å²) in [4.78, 5) is 4.87. The molecular weight excluding hydrogens is 272 g/mol. The van der Waals surface area contributed by atoms with E-state index < -0.39 is 10.1 Å². The van der Waals surface area contributed by atoms with E-state index in [0.717, 1.165) is 11.9 Å². The highest BCUT2D eigenvalue weighted by molar-refractivity contribution is 7.85. The largest absolute Gasteiger partial charge is 0.396 e. The second-order valence-electron chi connectivity index (χ2n) is 3.52. The van der Waals surface area contributed by atoms with Gasteiger partial charge in [-0.3, -0.25) is 4.74 Å². The van der Waals surface area contributed by atoms with Gasteiger partial charge in [0, 0.05) is 12.1 Å². The molecule has 0 N–H and O–H groups in total. The molecule has 106 valence electrons. The summed E-state index contributed by atoms with van der Waals surface area (Å²) in [5.41, 5.74) is 0.760. The maximum Gasteiger partial charge on any atom is 0.266 e.